The summed E-state index contributed by atoms with van der Waals surface area (Å²) in [5, 5.41) is 2.08. The van der Waals surface area contributed by atoms with Crippen molar-refractivity contribution in [1.29, 1.82) is 0 Å². The van der Waals surface area contributed by atoms with Crippen molar-refractivity contribution in [2.75, 3.05) is 19.3 Å². The Morgan fingerprint density at radius 2 is 2.26 bits per heavy atom. The number of nitrogens with zero attached hydrogens (tertiary/aromatic N) is 2. The number of alkyl halides is 2. The van der Waals surface area contributed by atoms with E-state index in [1.54, 1.807) is 0 Å². The minimum absolute atomic E-state index is 0.0642. The van der Waals surface area contributed by atoms with Crippen LogP contribution in [0.5, 0.6) is 5.75 Å². The van der Waals surface area contributed by atoms with Crippen LogP contribution in [0.25, 0.3) is 0 Å². The van der Waals surface area contributed by atoms with Gasteiger partial charge in [-0.1, -0.05) is 0 Å². The second-order valence-electron chi connectivity index (χ2n) is 5.21. The molecular formula is C13H17F2N3O4S. The second kappa shape index (κ2) is 7.07. The molecule has 0 aromatic carbocycles. The van der Waals surface area contributed by atoms with Crippen molar-refractivity contribution in [2.24, 2.45) is 0 Å². The normalized spacial score (nSPS) is 18.3. The SMILES string of the molecule is CS(=O)(=O)C1CCN(C(=O)NCc2ccc(OC(F)F)cn2)C1. The number of ether oxygens (including phenoxy) is 1. The molecule has 7 nitrogen and oxygen atoms in total. The van der Waals surface area contributed by atoms with Crippen LogP contribution >= 0.6 is 0 Å². The fraction of sp³-hybridized carbons (Fsp3) is 0.538. The number of rotatable bonds is 5. The summed E-state index contributed by atoms with van der Waals surface area (Å²) in [6, 6.07) is 2.41. The summed E-state index contributed by atoms with van der Waals surface area (Å²) >= 11 is 0. The van der Waals surface area contributed by atoms with E-state index in [1.165, 1.54) is 17.0 Å². The molecule has 128 valence electrons. The monoisotopic (exact) mass is 349 g/mol. The maximum absolute atomic E-state index is 12.0. The highest BCUT2D eigenvalue weighted by atomic mass is 32.2. The third-order valence-corrected chi connectivity index (χ3v) is 5.08. The molecule has 1 fully saturated rings. The molecule has 10 heteroatoms. The van der Waals surface area contributed by atoms with E-state index in [0.717, 1.165) is 12.5 Å². The summed E-state index contributed by atoms with van der Waals surface area (Å²) in [6.45, 7) is -2.27. The summed E-state index contributed by atoms with van der Waals surface area (Å²) in [7, 11) is -3.16. The molecule has 1 unspecified atom stereocenters. The minimum atomic E-state index is -3.16. The van der Waals surface area contributed by atoms with Crippen LogP contribution in [0.2, 0.25) is 0 Å². The Kier molecular flexibility index (Phi) is 5.34. The van der Waals surface area contributed by atoms with Gasteiger partial charge in [-0.3, -0.25) is 4.98 Å². The van der Waals surface area contributed by atoms with E-state index in [-0.39, 0.29) is 24.9 Å². The number of halogens is 2. The van der Waals surface area contributed by atoms with E-state index in [9.17, 15) is 22.0 Å². The van der Waals surface area contributed by atoms with Gasteiger partial charge in [0.05, 0.1) is 23.7 Å². The van der Waals surface area contributed by atoms with E-state index in [2.05, 4.69) is 15.0 Å². The maximum Gasteiger partial charge on any atom is 0.387 e. The Balaban J connectivity index is 1.83. The first-order valence-corrected chi connectivity index (χ1v) is 8.82. The fourth-order valence-electron chi connectivity index (χ4n) is 2.23. The smallest absolute Gasteiger partial charge is 0.387 e. The highest BCUT2D eigenvalue weighted by Crippen LogP contribution is 2.16. The van der Waals surface area contributed by atoms with E-state index in [1.807, 2.05) is 0 Å². The summed E-state index contributed by atoms with van der Waals surface area (Å²) in [5.74, 6) is -0.0642. The van der Waals surface area contributed by atoms with E-state index >= 15 is 0 Å². The van der Waals surface area contributed by atoms with Crippen LogP contribution in [-0.2, 0) is 16.4 Å². The predicted molar refractivity (Wildman–Crippen MR) is 77.9 cm³/mol. The van der Waals surface area contributed by atoms with Crippen LogP contribution in [-0.4, -0.2) is 55.5 Å². The zero-order valence-electron chi connectivity index (χ0n) is 12.4. The van der Waals surface area contributed by atoms with Crippen LogP contribution in [0.15, 0.2) is 18.3 Å². The predicted octanol–water partition coefficient (Wildman–Crippen LogP) is 1.01. The van der Waals surface area contributed by atoms with Crippen LogP contribution in [0.4, 0.5) is 13.6 Å². The fourth-order valence-corrected chi connectivity index (χ4v) is 3.21. The number of sulfone groups is 1. The maximum atomic E-state index is 12.0. The summed E-state index contributed by atoms with van der Waals surface area (Å²) in [4.78, 5) is 17.3. The number of likely N-dealkylation sites (tertiary alicyclic amines) is 1. The first-order valence-electron chi connectivity index (χ1n) is 6.87. The van der Waals surface area contributed by atoms with Gasteiger partial charge in [-0.05, 0) is 18.6 Å². The number of nitrogens with one attached hydrogen (secondary N) is 1. The van der Waals surface area contributed by atoms with Crippen molar-refractivity contribution in [1.82, 2.24) is 15.2 Å². The Bertz CT molecular complexity index is 652. The molecule has 2 heterocycles. The van der Waals surface area contributed by atoms with Crippen molar-refractivity contribution < 1.29 is 26.7 Å². The molecule has 1 aromatic heterocycles. The number of carbonyl (C=O) groups excluding carboxylic acids is 1. The van der Waals surface area contributed by atoms with Gasteiger partial charge >= 0.3 is 12.6 Å². The van der Waals surface area contributed by atoms with E-state index in [4.69, 9.17) is 0 Å². The van der Waals surface area contributed by atoms with Gasteiger partial charge in [0.15, 0.2) is 9.84 Å². The van der Waals surface area contributed by atoms with Gasteiger partial charge in [0.2, 0.25) is 0 Å². The third kappa shape index (κ3) is 5.02. The summed E-state index contributed by atoms with van der Waals surface area (Å²) in [5.41, 5.74) is 0.471. The Hall–Kier alpha value is -1.97. The molecule has 23 heavy (non-hydrogen) atoms. The van der Waals surface area contributed by atoms with Gasteiger partial charge in [0, 0.05) is 19.3 Å². The molecular weight excluding hydrogens is 332 g/mol. The number of amides is 2. The summed E-state index contributed by atoms with van der Waals surface area (Å²) < 4.78 is 51.1. The Labute approximate surface area is 132 Å². The molecule has 0 aliphatic carbocycles. The second-order valence-corrected chi connectivity index (χ2v) is 7.53. The Morgan fingerprint density at radius 1 is 1.52 bits per heavy atom. The molecule has 0 spiro atoms. The van der Waals surface area contributed by atoms with Crippen LogP contribution in [0.3, 0.4) is 0 Å². The first kappa shape index (κ1) is 17.4. The lowest BCUT2D eigenvalue weighted by Crippen LogP contribution is -2.39. The molecule has 1 atom stereocenters. The van der Waals surface area contributed by atoms with E-state index < -0.39 is 21.7 Å². The van der Waals surface area contributed by atoms with Gasteiger partial charge in [-0.2, -0.15) is 8.78 Å². The minimum Gasteiger partial charge on any atom is -0.433 e. The third-order valence-electron chi connectivity index (χ3n) is 3.48. The topological polar surface area (TPSA) is 88.6 Å². The van der Waals surface area contributed by atoms with Crippen molar-refractivity contribution in [2.45, 2.75) is 24.8 Å². The molecule has 1 N–H and O–H groups in total. The molecule has 2 rings (SSSR count). The van der Waals surface area contributed by atoms with Crippen molar-refractivity contribution in [3.05, 3.63) is 24.0 Å². The van der Waals surface area contributed by atoms with Crippen molar-refractivity contribution in [3.63, 3.8) is 0 Å². The van der Waals surface area contributed by atoms with Gasteiger partial charge in [0.25, 0.3) is 0 Å². The molecule has 2 amide bonds. The number of aromatic nitrogens is 1. The lowest BCUT2D eigenvalue weighted by molar-refractivity contribution is -0.0500. The van der Waals surface area contributed by atoms with Gasteiger partial charge in [-0.25, -0.2) is 13.2 Å². The van der Waals surface area contributed by atoms with Crippen molar-refractivity contribution in [3.8, 4) is 5.75 Å². The Morgan fingerprint density at radius 3 is 2.78 bits per heavy atom. The summed E-state index contributed by atoms with van der Waals surface area (Å²) in [6.07, 6.45) is 2.72. The first-order chi connectivity index (χ1) is 10.8. The van der Waals surface area contributed by atoms with Gasteiger partial charge in [0.1, 0.15) is 5.75 Å². The van der Waals surface area contributed by atoms with Crippen LogP contribution < -0.4 is 10.1 Å². The lowest BCUT2D eigenvalue weighted by Gasteiger charge is -2.17. The molecule has 0 bridgehead atoms. The number of carbonyl (C=O) groups is 1. The number of hydrogen-bond acceptors (Lipinski definition) is 5. The highest BCUT2D eigenvalue weighted by molar-refractivity contribution is 7.91. The molecule has 0 radical (unpaired) electrons. The van der Waals surface area contributed by atoms with Crippen LogP contribution in [0, 0.1) is 0 Å². The molecule has 1 aromatic rings. The van der Waals surface area contributed by atoms with Crippen LogP contribution in [0.1, 0.15) is 12.1 Å². The standard InChI is InChI=1S/C13H17F2N3O4S/c1-23(20,21)11-4-5-18(8-11)13(19)17-6-9-2-3-10(7-16-9)22-12(14)15/h2-3,7,11-12H,4-6,8H2,1H3,(H,17,19). The molecule has 1 aliphatic rings. The van der Waals surface area contributed by atoms with Gasteiger partial charge < -0.3 is 15.0 Å². The van der Waals surface area contributed by atoms with Crippen molar-refractivity contribution >= 4 is 15.9 Å². The number of pyridine rings is 1. The van der Waals surface area contributed by atoms with E-state index in [0.29, 0.717) is 18.7 Å². The quantitative estimate of drug-likeness (QED) is 0.857. The lowest BCUT2D eigenvalue weighted by atomic mass is 10.3. The number of hydrogen-bond donors (Lipinski definition) is 1. The molecule has 1 aliphatic heterocycles. The molecule has 1 saturated heterocycles. The zero-order valence-corrected chi connectivity index (χ0v) is 13.2. The molecule has 0 saturated carbocycles. The average molecular weight is 349 g/mol. The number of urea groups is 1. The zero-order chi connectivity index (χ0) is 17.0. The van der Waals surface area contributed by atoms with Gasteiger partial charge in [-0.15, -0.1) is 0 Å². The largest absolute Gasteiger partial charge is 0.433 e. The highest BCUT2D eigenvalue weighted by Gasteiger charge is 2.32. The average Bonchev–Trinajstić information content (AvgIpc) is 2.95.